The first kappa shape index (κ1) is 35.9. The van der Waals surface area contributed by atoms with Crippen LogP contribution in [0.5, 0.6) is 0 Å². The minimum atomic E-state index is -2.71. The third-order valence-electron chi connectivity index (χ3n) is 11.3. The summed E-state index contributed by atoms with van der Waals surface area (Å²) in [6, 6.07) is 73.2. The van der Waals surface area contributed by atoms with E-state index >= 15 is 0 Å². The fourth-order valence-corrected chi connectivity index (χ4v) is 13.4. The van der Waals surface area contributed by atoms with E-state index in [4.69, 9.17) is 9.97 Å². The lowest BCUT2D eigenvalue weighted by molar-refractivity contribution is -0.499. The second-order valence-electron chi connectivity index (χ2n) is 14.7. The Labute approximate surface area is 344 Å². The Hall–Kier alpha value is -7.51. The molecule has 9 aromatic rings. The van der Waals surface area contributed by atoms with Crippen molar-refractivity contribution >= 4 is 62.9 Å². The summed E-state index contributed by atoms with van der Waals surface area (Å²) in [5.74, 6) is 1.43. The average Bonchev–Trinajstić information content (AvgIpc) is 3.65. The van der Waals surface area contributed by atoms with Crippen LogP contribution in [-0.4, -0.2) is 28.3 Å². The minimum Gasteiger partial charge on any atom is -0.308 e. The van der Waals surface area contributed by atoms with Gasteiger partial charge in [-0.15, -0.1) is 0 Å². The van der Waals surface area contributed by atoms with E-state index in [2.05, 4.69) is 169 Å². The van der Waals surface area contributed by atoms with Gasteiger partial charge < -0.3 is 4.57 Å². The lowest BCUT2D eigenvalue weighted by Gasteiger charge is -2.34. The molecule has 0 saturated heterocycles. The highest BCUT2D eigenvalue weighted by molar-refractivity contribution is 7.19. The maximum Gasteiger partial charge on any atom is 0.233 e. The Morgan fingerprint density at radius 1 is 0.508 bits per heavy atom. The summed E-state index contributed by atoms with van der Waals surface area (Å²) in [5.41, 5.74) is 8.30. The highest BCUT2D eigenvalue weighted by atomic mass is 28.3. The molecule has 0 spiro atoms. The first-order valence-electron chi connectivity index (χ1n) is 19.9. The molecule has 59 heavy (non-hydrogen) atoms. The van der Waals surface area contributed by atoms with Crippen LogP contribution < -0.4 is 26.1 Å². The summed E-state index contributed by atoms with van der Waals surface area (Å²) < 4.78 is 2.33. The number of nitrogens with one attached hydrogen (secondary N) is 1. The molecule has 0 atom stereocenters. The molecule has 6 heteroatoms. The van der Waals surface area contributed by atoms with Gasteiger partial charge in [0.2, 0.25) is 5.82 Å². The molecule has 2 aromatic heterocycles. The Kier molecular flexibility index (Phi) is 9.39. The van der Waals surface area contributed by atoms with Crippen molar-refractivity contribution in [1.82, 2.24) is 14.5 Å². The van der Waals surface area contributed by atoms with Gasteiger partial charge >= 0.3 is 0 Å². The molecule has 10 rings (SSSR count). The molecule has 0 aliphatic heterocycles. The van der Waals surface area contributed by atoms with Gasteiger partial charge in [0.1, 0.15) is 6.20 Å². The molecule has 3 N–H and O–H groups in total. The molecule has 1 aliphatic carbocycles. The molecule has 0 unspecified atom stereocenters. The Morgan fingerprint density at radius 3 is 1.61 bits per heavy atom. The van der Waals surface area contributed by atoms with Gasteiger partial charge in [0.05, 0.1) is 28.2 Å². The number of rotatable bonds is 9. The van der Waals surface area contributed by atoms with Crippen molar-refractivity contribution in [3.05, 3.63) is 230 Å². The second kappa shape index (κ2) is 15.4. The molecule has 7 aromatic carbocycles. The Balaban J connectivity index is 1.12. The number of benzene rings is 7. The minimum absolute atomic E-state index is 0.443. The van der Waals surface area contributed by atoms with E-state index in [0.717, 1.165) is 56.1 Å². The third kappa shape index (κ3) is 6.47. The third-order valence-corrected chi connectivity index (χ3v) is 16.1. The van der Waals surface area contributed by atoms with Crippen molar-refractivity contribution < 1.29 is 5.32 Å². The van der Waals surface area contributed by atoms with Crippen molar-refractivity contribution in [2.45, 2.75) is 0 Å². The van der Waals surface area contributed by atoms with E-state index < -0.39 is 8.07 Å². The number of allylic oxidation sites excluding steroid dienone is 2. The second-order valence-corrected chi connectivity index (χ2v) is 18.5. The number of quaternary nitrogens is 1. The number of hydrogen-bond acceptors (Lipinski definition) is 3. The zero-order chi connectivity index (χ0) is 39.6. The molecule has 0 radical (unpaired) electrons. The fraction of sp³-hybridized carbons (Fsp3) is 0. The number of nitrogens with two attached hydrogens (primary N) is 1. The number of para-hydroxylation sites is 1. The summed E-state index contributed by atoms with van der Waals surface area (Å²) in [6.45, 7) is 0. The van der Waals surface area contributed by atoms with Crippen LogP contribution in [0.4, 0.5) is 5.82 Å². The van der Waals surface area contributed by atoms with Crippen molar-refractivity contribution in [3.8, 4) is 28.3 Å². The van der Waals surface area contributed by atoms with E-state index in [1.54, 1.807) is 0 Å². The molecular formula is C53H40N5Si+. The molecule has 2 heterocycles. The highest BCUT2D eigenvalue weighted by Crippen LogP contribution is 2.37. The number of fused-ring (bicyclic) bond motifs is 3. The van der Waals surface area contributed by atoms with Gasteiger partial charge in [-0.2, -0.15) is 4.98 Å². The predicted octanol–water partition coefficient (Wildman–Crippen LogP) is 8.41. The van der Waals surface area contributed by atoms with E-state index in [1.807, 2.05) is 66.0 Å². The van der Waals surface area contributed by atoms with Crippen LogP contribution >= 0.6 is 0 Å². The van der Waals surface area contributed by atoms with Gasteiger partial charge in [-0.25, -0.2) is 4.98 Å². The summed E-state index contributed by atoms with van der Waals surface area (Å²) in [6.07, 6.45) is 6.05. The topological polar surface area (TPSA) is 71.2 Å². The quantitative estimate of drug-likeness (QED) is 0.114. The summed E-state index contributed by atoms with van der Waals surface area (Å²) >= 11 is 0. The predicted molar refractivity (Wildman–Crippen MR) is 246 cm³/mol. The monoisotopic (exact) mass is 774 g/mol. The van der Waals surface area contributed by atoms with E-state index in [1.165, 1.54) is 20.7 Å². The summed E-state index contributed by atoms with van der Waals surface area (Å²) in [5, 5.41) is 17.8. The Morgan fingerprint density at radius 2 is 1.02 bits per heavy atom. The average molecular weight is 775 g/mol. The van der Waals surface area contributed by atoms with Crippen LogP contribution in [0.1, 0.15) is 11.3 Å². The van der Waals surface area contributed by atoms with Crippen LogP contribution in [0.15, 0.2) is 219 Å². The van der Waals surface area contributed by atoms with Crippen molar-refractivity contribution in [1.29, 1.82) is 5.41 Å². The van der Waals surface area contributed by atoms with Gasteiger partial charge in [-0.3, -0.25) is 10.7 Å². The fourth-order valence-electron chi connectivity index (χ4n) is 8.64. The number of nitrogens with zero attached hydrogens (tertiary/aromatic N) is 3. The van der Waals surface area contributed by atoms with Crippen molar-refractivity contribution in [2.24, 2.45) is 0 Å². The largest absolute Gasteiger partial charge is 0.308 e. The highest BCUT2D eigenvalue weighted by Gasteiger charge is 2.41. The van der Waals surface area contributed by atoms with E-state index in [9.17, 15) is 5.41 Å². The zero-order valence-corrected chi connectivity index (χ0v) is 33.3. The molecule has 0 amide bonds. The van der Waals surface area contributed by atoms with E-state index in [-0.39, 0.29) is 0 Å². The normalized spacial score (nSPS) is 13.2. The van der Waals surface area contributed by atoms with Gasteiger partial charge in [-0.1, -0.05) is 188 Å². The summed E-state index contributed by atoms with van der Waals surface area (Å²) in [4.78, 5) is 10.0. The van der Waals surface area contributed by atoms with E-state index in [0.29, 0.717) is 11.5 Å². The van der Waals surface area contributed by atoms with Crippen molar-refractivity contribution in [2.75, 3.05) is 0 Å². The lowest BCUT2D eigenvalue weighted by Crippen LogP contribution is -2.74. The van der Waals surface area contributed by atoms with Gasteiger partial charge in [0.25, 0.3) is 0 Å². The maximum absolute atomic E-state index is 9.31. The zero-order valence-electron chi connectivity index (χ0n) is 32.3. The smallest absolute Gasteiger partial charge is 0.233 e. The molecule has 1 aliphatic rings. The van der Waals surface area contributed by atoms with Gasteiger partial charge in [-0.05, 0) is 45.0 Å². The summed E-state index contributed by atoms with van der Waals surface area (Å²) in [7, 11) is -2.71. The van der Waals surface area contributed by atoms with Crippen LogP contribution in [0.2, 0.25) is 0 Å². The standard InChI is InChI=1S/C53H39N5Si/c54-48-35-34-46-45-28-16-17-29-50(45)58(52(46)47(48)37-55-51-36-49(38-18-6-1-7-19-38)56-53(57-51)39-20-8-2-9-21-39)40-30-32-44(33-31-40)59(41-22-10-3-11-23-41,42-24-12-4-13-25-42)43-26-14-5-15-27-43/h1-37,54H,(H,55,56,57)/p+1/b47-37+,54-48?. The first-order chi connectivity index (χ1) is 29.2. The van der Waals surface area contributed by atoms with Crippen LogP contribution in [0.3, 0.4) is 0 Å². The van der Waals surface area contributed by atoms with Crippen LogP contribution in [-0.2, 0) is 0 Å². The van der Waals surface area contributed by atoms with Gasteiger partial charge in [0, 0.05) is 33.8 Å². The first-order valence-corrected chi connectivity index (χ1v) is 21.9. The maximum atomic E-state index is 9.31. The molecule has 280 valence electrons. The molecule has 0 bridgehead atoms. The molecular weight excluding hydrogens is 735 g/mol. The lowest BCUT2D eigenvalue weighted by atomic mass is 9.96. The molecule has 0 fully saturated rings. The SMILES string of the molecule is N=C1C=Cc2c(n(-c3ccc([Si](c4ccccc4)(c4ccccc4)c4ccccc4)cc3)c3ccccc23)/C1=C/[NH2+]c1cc(-c2ccccc2)nc(-c2ccccc2)n1. The van der Waals surface area contributed by atoms with Crippen molar-refractivity contribution in [3.63, 3.8) is 0 Å². The number of hydrogen-bond donors (Lipinski definition) is 2. The van der Waals surface area contributed by atoms with Crippen LogP contribution in [0, 0.1) is 5.41 Å². The number of aromatic nitrogens is 3. The Bertz CT molecular complexity index is 2840. The molecule has 5 nitrogen and oxygen atoms in total. The molecule has 0 saturated carbocycles. The van der Waals surface area contributed by atoms with Crippen LogP contribution in [0.25, 0.3) is 50.9 Å². The van der Waals surface area contributed by atoms with Gasteiger partial charge in [0.15, 0.2) is 13.9 Å².